The van der Waals surface area contributed by atoms with Crippen molar-refractivity contribution in [3.63, 3.8) is 0 Å². The molecule has 0 fully saturated rings. The Morgan fingerprint density at radius 1 is 0.879 bits per heavy atom. The molecule has 4 aromatic rings. The Morgan fingerprint density at radius 3 is 2.15 bits per heavy atom. The van der Waals surface area contributed by atoms with Crippen molar-refractivity contribution in [3.05, 3.63) is 113 Å². The first kappa shape index (κ1) is 24.0. The molecule has 4 aromatic carbocycles. The molecule has 170 valence electrons. The summed E-state index contributed by atoms with van der Waals surface area (Å²) < 4.78 is 5.14. The van der Waals surface area contributed by atoms with Gasteiger partial charge in [0, 0.05) is 6.04 Å². The molecule has 0 spiro atoms. The fourth-order valence-electron chi connectivity index (χ4n) is 3.58. The van der Waals surface area contributed by atoms with E-state index in [1.807, 2.05) is 54.6 Å². The van der Waals surface area contributed by atoms with Crippen LogP contribution in [0, 0.1) is 6.92 Å². The summed E-state index contributed by atoms with van der Waals surface area (Å²) in [6.07, 6.45) is 0.893. The van der Waals surface area contributed by atoms with Crippen molar-refractivity contribution < 1.29 is 14.6 Å². The SMILES string of the molecule is COc1ccc2cc([C@@H](C)C(=O)O)ccc2c1.Cc1ccc(C[C@H](N)c2ccccc2)cc1. The van der Waals surface area contributed by atoms with Gasteiger partial charge in [-0.3, -0.25) is 4.79 Å². The van der Waals surface area contributed by atoms with E-state index in [4.69, 9.17) is 15.6 Å². The number of carbonyl (C=O) groups is 1. The van der Waals surface area contributed by atoms with Crippen molar-refractivity contribution in [1.29, 1.82) is 0 Å². The molecule has 0 radical (unpaired) electrons. The summed E-state index contributed by atoms with van der Waals surface area (Å²) in [6.45, 7) is 3.79. The zero-order chi connectivity index (χ0) is 23.8. The molecule has 0 aliphatic rings. The van der Waals surface area contributed by atoms with Gasteiger partial charge in [-0.1, -0.05) is 84.4 Å². The van der Waals surface area contributed by atoms with Crippen molar-refractivity contribution >= 4 is 16.7 Å². The fourth-order valence-corrected chi connectivity index (χ4v) is 3.58. The number of methoxy groups -OCH3 is 1. The lowest BCUT2D eigenvalue weighted by molar-refractivity contribution is -0.138. The first-order chi connectivity index (χ1) is 15.9. The molecule has 4 heteroatoms. The Balaban J connectivity index is 0.000000186. The molecule has 0 bridgehead atoms. The molecule has 0 aromatic heterocycles. The summed E-state index contributed by atoms with van der Waals surface area (Å²) in [5.74, 6) is -0.490. The number of hydrogen-bond acceptors (Lipinski definition) is 3. The molecule has 4 nitrogen and oxygen atoms in total. The zero-order valence-corrected chi connectivity index (χ0v) is 19.4. The van der Waals surface area contributed by atoms with E-state index in [1.54, 1.807) is 14.0 Å². The quantitative estimate of drug-likeness (QED) is 0.370. The second-order valence-corrected chi connectivity index (χ2v) is 8.24. The Hall–Kier alpha value is -3.63. The van der Waals surface area contributed by atoms with Crippen LogP contribution in [0.5, 0.6) is 5.75 Å². The lowest BCUT2D eigenvalue weighted by atomic mass is 9.98. The molecular formula is C29H31NO3. The van der Waals surface area contributed by atoms with Crippen LogP contribution in [0.1, 0.15) is 41.1 Å². The lowest BCUT2D eigenvalue weighted by Crippen LogP contribution is -2.13. The van der Waals surface area contributed by atoms with E-state index in [0.717, 1.165) is 28.5 Å². The van der Waals surface area contributed by atoms with Crippen LogP contribution < -0.4 is 10.5 Å². The van der Waals surface area contributed by atoms with Crippen molar-refractivity contribution in [2.45, 2.75) is 32.2 Å². The average Bonchev–Trinajstić information content (AvgIpc) is 2.85. The largest absolute Gasteiger partial charge is 0.497 e. The zero-order valence-electron chi connectivity index (χ0n) is 19.4. The van der Waals surface area contributed by atoms with Crippen LogP contribution in [0.15, 0.2) is 91.0 Å². The van der Waals surface area contributed by atoms with E-state index in [1.165, 1.54) is 16.7 Å². The Labute approximate surface area is 195 Å². The maximum atomic E-state index is 10.9. The standard InChI is InChI=1S/C15H17N.C14H14O3/c1-12-7-9-13(10-8-12)11-15(16)14-5-3-2-4-6-14;1-9(14(15)16)10-3-4-12-8-13(17-2)6-5-11(12)7-10/h2-10,15H,11,16H2,1H3;3-9H,1-2H3,(H,15,16)/t15-;9-/m01/s1. The summed E-state index contributed by atoms with van der Waals surface area (Å²) in [5, 5.41) is 11.0. The van der Waals surface area contributed by atoms with Crippen LogP contribution in [0.4, 0.5) is 0 Å². The van der Waals surface area contributed by atoms with Gasteiger partial charge < -0.3 is 15.6 Å². The van der Waals surface area contributed by atoms with Crippen molar-refractivity contribution in [3.8, 4) is 5.75 Å². The van der Waals surface area contributed by atoms with Crippen LogP contribution >= 0.6 is 0 Å². The number of hydrogen-bond donors (Lipinski definition) is 2. The third-order valence-corrected chi connectivity index (χ3v) is 5.75. The number of nitrogens with two attached hydrogens (primary N) is 1. The van der Waals surface area contributed by atoms with E-state index in [-0.39, 0.29) is 6.04 Å². The van der Waals surface area contributed by atoms with Gasteiger partial charge in [-0.05, 0) is 59.9 Å². The van der Waals surface area contributed by atoms with Crippen molar-refractivity contribution in [2.24, 2.45) is 5.73 Å². The Morgan fingerprint density at radius 2 is 1.52 bits per heavy atom. The molecule has 0 amide bonds. The second kappa shape index (κ2) is 11.3. The van der Waals surface area contributed by atoms with Crippen LogP contribution in [0.2, 0.25) is 0 Å². The van der Waals surface area contributed by atoms with E-state index < -0.39 is 11.9 Å². The minimum Gasteiger partial charge on any atom is -0.497 e. The molecule has 0 aliphatic carbocycles. The average molecular weight is 442 g/mol. The number of carboxylic acids is 1. The monoisotopic (exact) mass is 441 g/mol. The first-order valence-corrected chi connectivity index (χ1v) is 11.0. The summed E-state index contributed by atoms with van der Waals surface area (Å²) in [6, 6.07) is 30.3. The molecule has 0 saturated heterocycles. The number of aryl methyl sites for hydroxylation is 1. The summed E-state index contributed by atoms with van der Waals surface area (Å²) in [4.78, 5) is 10.9. The Kier molecular flexibility index (Phi) is 8.22. The smallest absolute Gasteiger partial charge is 0.310 e. The minimum absolute atomic E-state index is 0.0870. The number of rotatable bonds is 6. The number of ether oxygens (including phenoxy) is 1. The third-order valence-electron chi connectivity index (χ3n) is 5.75. The Bertz CT molecular complexity index is 1190. The highest BCUT2D eigenvalue weighted by Gasteiger charge is 2.13. The van der Waals surface area contributed by atoms with Gasteiger partial charge in [0.1, 0.15) is 5.75 Å². The van der Waals surface area contributed by atoms with Gasteiger partial charge in [-0.2, -0.15) is 0 Å². The lowest BCUT2D eigenvalue weighted by Gasteiger charge is -2.12. The summed E-state index contributed by atoms with van der Waals surface area (Å²) in [5.41, 5.74) is 10.8. The normalized spacial score (nSPS) is 12.4. The highest BCUT2D eigenvalue weighted by molar-refractivity contribution is 5.86. The van der Waals surface area contributed by atoms with Crippen LogP contribution in [-0.4, -0.2) is 18.2 Å². The molecule has 2 atom stereocenters. The predicted molar refractivity (Wildman–Crippen MR) is 135 cm³/mol. The van der Waals surface area contributed by atoms with Crippen LogP contribution in [-0.2, 0) is 11.2 Å². The molecule has 0 heterocycles. The van der Waals surface area contributed by atoms with Gasteiger partial charge in [0.15, 0.2) is 0 Å². The molecule has 33 heavy (non-hydrogen) atoms. The molecule has 3 N–H and O–H groups in total. The second-order valence-electron chi connectivity index (χ2n) is 8.24. The predicted octanol–water partition coefficient (Wildman–Crippen LogP) is 6.27. The number of benzene rings is 4. The van der Waals surface area contributed by atoms with E-state index in [9.17, 15) is 4.79 Å². The third kappa shape index (κ3) is 6.67. The maximum Gasteiger partial charge on any atom is 0.310 e. The minimum atomic E-state index is -0.808. The van der Waals surface area contributed by atoms with Gasteiger partial charge in [-0.25, -0.2) is 0 Å². The highest BCUT2D eigenvalue weighted by Crippen LogP contribution is 2.25. The number of carboxylic acid groups (broad SMARTS) is 1. The molecule has 0 aliphatic heterocycles. The van der Waals surface area contributed by atoms with Gasteiger partial charge in [0.2, 0.25) is 0 Å². The maximum absolute atomic E-state index is 10.9. The van der Waals surface area contributed by atoms with E-state index >= 15 is 0 Å². The van der Waals surface area contributed by atoms with Crippen molar-refractivity contribution in [2.75, 3.05) is 7.11 Å². The molecular weight excluding hydrogens is 410 g/mol. The number of aliphatic carboxylic acids is 1. The van der Waals surface area contributed by atoms with Gasteiger partial charge in [0.25, 0.3) is 0 Å². The first-order valence-electron chi connectivity index (χ1n) is 11.0. The van der Waals surface area contributed by atoms with Crippen LogP contribution in [0.3, 0.4) is 0 Å². The van der Waals surface area contributed by atoms with Gasteiger partial charge >= 0.3 is 5.97 Å². The molecule has 4 rings (SSSR count). The van der Waals surface area contributed by atoms with Gasteiger partial charge in [-0.15, -0.1) is 0 Å². The molecule has 0 saturated carbocycles. The topological polar surface area (TPSA) is 72.5 Å². The summed E-state index contributed by atoms with van der Waals surface area (Å²) >= 11 is 0. The number of fused-ring (bicyclic) bond motifs is 1. The van der Waals surface area contributed by atoms with Gasteiger partial charge in [0.05, 0.1) is 13.0 Å². The summed E-state index contributed by atoms with van der Waals surface area (Å²) in [7, 11) is 1.63. The van der Waals surface area contributed by atoms with E-state index in [2.05, 4.69) is 43.3 Å². The highest BCUT2D eigenvalue weighted by atomic mass is 16.5. The van der Waals surface area contributed by atoms with E-state index in [0.29, 0.717) is 0 Å². The van der Waals surface area contributed by atoms with Crippen molar-refractivity contribution in [1.82, 2.24) is 0 Å². The van der Waals surface area contributed by atoms with Crippen LogP contribution in [0.25, 0.3) is 10.8 Å². The molecule has 0 unspecified atom stereocenters. The fraction of sp³-hybridized carbons (Fsp3) is 0.207.